The summed E-state index contributed by atoms with van der Waals surface area (Å²) in [6.45, 7) is 3.67. The van der Waals surface area contributed by atoms with Crippen molar-refractivity contribution in [1.82, 2.24) is 5.32 Å². The van der Waals surface area contributed by atoms with E-state index in [0.29, 0.717) is 17.9 Å². The molecule has 96 valence electrons. The summed E-state index contributed by atoms with van der Waals surface area (Å²) < 4.78 is 5.26. The maximum atomic E-state index is 10.8. The number of hydrogen-bond acceptors (Lipinski definition) is 4. The number of amides is 1. The van der Waals surface area contributed by atoms with Crippen LogP contribution in [0.2, 0.25) is 0 Å². The topological polar surface area (TPSA) is 78.5 Å². The Morgan fingerprint density at radius 2 is 1.94 bits per heavy atom. The van der Waals surface area contributed by atoms with Crippen molar-refractivity contribution in [2.45, 2.75) is 13.8 Å². The Kier molecular flexibility index (Phi) is 4.92. The van der Waals surface area contributed by atoms with Crippen LogP contribution in [-0.2, 0) is 9.59 Å². The number of carboxylic acid groups (broad SMARTS) is 1. The molecule has 0 heterocycles. The first-order valence-electron chi connectivity index (χ1n) is 5.46. The van der Waals surface area contributed by atoms with E-state index in [0.717, 1.165) is 0 Å². The van der Waals surface area contributed by atoms with Crippen LogP contribution in [-0.4, -0.2) is 18.5 Å². The Hall–Kier alpha value is -2.30. The Balaban J connectivity index is 2.90. The second kappa shape index (κ2) is 6.44. The molecule has 0 saturated carbocycles. The van der Waals surface area contributed by atoms with Gasteiger partial charge in [0.15, 0.2) is 0 Å². The molecule has 0 aliphatic carbocycles. The van der Waals surface area contributed by atoms with Gasteiger partial charge in [0.25, 0.3) is 0 Å². The standard InChI is InChI=1S/C13H15NO4/c1-3-18-11-6-4-10(5-7-11)8-12(13(16)17)14-9(2)15/h4-8H,3H2,1-2H3,(H,14,15)(H,16,17)/p-1/b12-8-. The SMILES string of the molecule is CCOc1ccc(/C=C(\NC(C)=O)C(=O)[O-])cc1. The third-order valence-electron chi connectivity index (χ3n) is 2.03. The number of ether oxygens (including phenoxy) is 1. The number of carbonyl (C=O) groups is 2. The predicted octanol–water partition coefficient (Wildman–Crippen LogP) is 0.312. The maximum absolute atomic E-state index is 10.8. The highest BCUT2D eigenvalue weighted by atomic mass is 16.5. The summed E-state index contributed by atoms with van der Waals surface area (Å²) in [5.41, 5.74) is 0.359. The summed E-state index contributed by atoms with van der Waals surface area (Å²) in [6.07, 6.45) is 1.33. The van der Waals surface area contributed by atoms with Gasteiger partial charge in [-0.05, 0) is 30.7 Å². The van der Waals surface area contributed by atoms with Crippen molar-refractivity contribution in [1.29, 1.82) is 0 Å². The molecule has 0 aliphatic rings. The molecular weight excluding hydrogens is 234 g/mol. The minimum atomic E-state index is -1.43. The highest BCUT2D eigenvalue weighted by Crippen LogP contribution is 2.13. The lowest BCUT2D eigenvalue weighted by atomic mass is 10.2. The van der Waals surface area contributed by atoms with E-state index in [9.17, 15) is 14.7 Å². The number of nitrogens with one attached hydrogen (secondary N) is 1. The van der Waals surface area contributed by atoms with Crippen molar-refractivity contribution < 1.29 is 19.4 Å². The highest BCUT2D eigenvalue weighted by molar-refractivity contribution is 5.95. The second-order valence-corrected chi connectivity index (χ2v) is 3.53. The van der Waals surface area contributed by atoms with Crippen LogP contribution in [0, 0.1) is 0 Å². The maximum Gasteiger partial charge on any atom is 0.221 e. The molecule has 1 amide bonds. The third-order valence-corrected chi connectivity index (χ3v) is 2.03. The summed E-state index contributed by atoms with van der Waals surface area (Å²) in [4.78, 5) is 21.6. The molecule has 0 aromatic heterocycles. The Morgan fingerprint density at radius 3 is 2.39 bits per heavy atom. The van der Waals surface area contributed by atoms with E-state index in [1.165, 1.54) is 13.0 Å². The molecule has 5 nitrogen and oxygen atoms in total. The lowest BCUT2D eigenvalue weighted by Crippen LogP contribution is -2.34. The van der Waals surface area contributed by atoms with Gasteiger partial charge < -0.3 is 20.0 Å². The first kappa shape index (κ1) is 13.8. The van der Waals surface area contributed by atoms with Crippen molar-refractivity contribution in [2.75, 3.05) is 6.61 Å². The van der Waals surface area contributed by atoms with E-state index >= 15 is 0 Å². The molecule has 1 aromatic carbocycles. The van der Waals surface area contributed by atoms with Crippen molar-refractivity contribution in [3.8, 4) is 5.75 Å². The van der Waals surface area contributed by atoms with Crippen LogP contribution in [0.1, 0.15) is 19.4 Å². The molecule has 18 heavy (non-hydrogen) atoms. The minimum absolute atomic E-state index is 0.272. The molecule has 5 heteroatoms. The first-order valence-corrected chi connectivity index (χ1v) is 5.46. The predicted molar refractivity (Wildman–Crippen MR) is 64.4 cm³/mol. The molecule has 1 N–H and O–H groups in total. The van der Waals surface area contributed by atoms with Gasteiger partial charge in [0.2, 0.25) is 5.91 Å². The van der Waals surface area contributed by atoms with Gasteiger partial charge in [-0.2, -0.15) is 0 Å². The molecule has 0 aliphatic heterocycles. The quantitative estimate of drug-likeness (QED) is 0.761. The Morgan fingerprint density at radius 1 is 1.33 bits per heavy atom. The summed E-state index contributed by atoms with van der Waals surface area (Å²) in [5.74, 6) is -1.19. The zero-order chi connectivity index (χ0) is 13.5. The van der Waals surface area contributed by atoms with E-state index in [4.69, 9.17) is 4.74 Å². The van der Waals surface area contributed by atoms with Crippen LogP contribution in [0.5, 0.6) is 5.75 Å². The average Bonchev–Trinajstić information content (AvgIpc) is 2.30. The van der Waals surface area contributed by atoms with Gasteiger partial charge in [-0.1, -0.05) is 12.1 Å². The highest BCUT2D eigenvalue weighted by Gasteiger charge is 2.01. The number of carboxylic acids is 1. The summed E-state index contributed by atoms with van der Waals surface area (Å²) in [5, 5.41) is 13.0. The molecule has 0 unspecified atom stereocenters. The average molecular weight is 248 g/mol. The van der Waals surface area contributed by atoms with Gasteiger partial charge in [-0.3, -0.25) is 4.79 Å². The molecule has 1 aromatic rings. The van der Waals surface area contributed by atoms with Crippen LogP contribution in [0.25, 0.3) is 6.08 Å². The molecule has 0 radical (unpaired) electrons. The van der Waals surface area contributed by atoms with Crippen LogP contribution in [0.3, 0.4) is 0 Å². The lowest BCUT2D eigenvalue weighted by molar-refractivity contribution is -0.299. The number of carbonyl (C=O) groups excluding carboxylic acids is 2. The van der Waals surface area contributed by atoms with Crippen molar-refractivity contribution in [2.24, 2.45) is 0 Å². The van der Waals surface area contributed by atoms with E-state index < -0.39 is 11.9 Å². The fraction of sp³-hybridized carbons (Fsp3) is 0.231. The van der Waals surface area contributed by atoms with Gasteiger partial charge in [-0.25, -0.2) is 0 Å². The van der Waals surface area contributed by atoms with Crippen LogP contribution >= 0.6 is 0 Å². The smallest absolute Gasteiger partial charge is 0.221 e. The van der Waals surface area contributed by atoms with E-state index in [2.05, 4.69) is 5.32 Å². The van der Waals surface area contributed by atoms with Crippen molar-refractivity contribution in [3.05, 3.63) is 35.5 Å². The van der Waals surface area contributed by atoms with E-state index in [1.807, 2.05) is 6.92 Å². The number of aliphatic carboxylic acids is 1. The van der Waals surface area contributed by atoms with Gasteiger partial charge in [0.1, 0.15) is 5.75 Å². The van der Waals surface area contributed by atoms with Gasteiger partial charge in [0, 0.05) is 6.92 Å². The van der Waals surface area contributed by atoms with Crippen molar-refractivity contribution >= 4 is 18.0 Å². The van der Waals surface area contributed by atoms with Crippen LogP contribution in [0.15, 0.2) is 30.0 Å². The molecule has 0 fully saturated rings. The van der Waals surface area contributed by atoms with Crippen LogP contribution < -0.4 is 15.2 Å². The van der Waals surface area contributed by atoms with Gasteiger partial charge in [-0.15, -0.1) is 0 Å². The van der Waals surface area contributed by atoms with E-state index in [1.54, 1.807) is 24.3 Å². The number of benzene rings is 1. The summed E-state index contributed by atoms with van der Waals surface area (Å²) >= 11 is 0. The van der Waals surface area contributed by atoms with Gasteiger partial charge >= 0.3 is 0 Å². The Bertz CT molecular complexity index is 462. The lowest BCUT2D eigenvalue weighted by Gasteiger charge is -2.09. The number of hydrogen-bond donors (Lipinski definition) is 1. The monoisotopic (exact) mass is 248 g/mol. The van der Waals surface area contributed by atoms with Crippen molar-refractivity contribution in [3.63, 3.8) is 0 Å². The summed E-state index contributed by atoms with van der Waals surface area (Å²) in [7, 11) is 0. The molecule has 0 atom stereocenters. The normalized spacial score (nSPS) is 10.9. The Labute approximate surface area is 105 Å². The summed E-state index contributed by atoms with van der Waals surface area (Å²) in [6, 6.07) is 6.82. The van der Waals surface area contributed by atoms with Gasteiger partial charge in [0.05, 0.1) is 18.3 Å². The van der Waals surface area contributed by atoms with E-state index in [-0.39, 0.29) is 5.70 Å². The molecular formula is C13H14NO4-. The molecule has 0 spiro atoms. The number of rotatable bonds is 5. The minimum Gasteiger partial charge on any atom is -0.543 e. The zero-order valence-corrected chi connectivity index (χ0v) is 10.2. The first-order chi connectivity index (χ1) is 8.52. The second-order valence-electron chi connectivity index (χ2n) is 3.53. The molecule has 0 bridgehead atoms. The molecule has 0 saturated heterocycles. The molecule has 1 rings (SSSR count). The zero-order valence-electron chi connectivity index (χ0n) is 10.2. The fourth-order valence-electron chi connectivity index (χ4n) is 1.33. The largest absolute Gasteiger partial charge is 0.543 e. The fourth-order valence-corrected chi connectivity index (χ4v) is 1.33. The third kappa shape index (κ3) is 4.29. The van der Waals surface area contributed by atoms with Crippen LogP contribution in [0.4, 0.5) is 0 Å².